The van der Waals surface area contributed by atoms with Crippen LogP contribution in [0.1, 0.15) is 30.9 Å². The van der Waals surface area contributed by atoms with Crippen molar-refractivity contribution < 1.29 is 12.8 Å². The maximum Gasteiger partial charge on any atom is 0.211 e. The lowest BCUT2D eigenvalue weighted by atomic mass is 9.96. The lowest BCUT2D eigenvalue weighted by Crippen LogP contribution is -2.33. The van der Waals surface area contributed by atoms with E-state index in [1.807, 2.05) is 12.1 Å². The molecule has 4 rings (SSSR count). The van der Waals surface area contributed by atoms with Gasteiger partial charge in [0.15, 0.2) is 0 Å². The molecule has 0 bridgehead atoms. The highest BCUT2D eigenvalue weighted by Gasteiger charge is 2.45. The minimum atomic E-state index is -3.22. The van der Waals surface area contributed by atoms with E-state index in [1.54, 1.807) is 37.5 Å². The lowest BCUT2D eigenvalue weighted by Gasteiger charge is -2.16. The number of pyridine rings is 1. The van der Waals surface area contributed by atoms with Gasteiger partial charge in [-0.05, 0) is 55.7 Å². The molecule has 2 heterocycles. The molecule has 6 nitrogen and oxygen atoms in total. The number of benzene rings is 1. The number of hydrogen-bond acceptors (Lipinski definition) is 5. The van der Waals surface area contributed by atoms with Crippen molar-refractivity contribution in [1.82, 2.24) is 9.71 Å². The van der Waals surface area contributed by atoms with E-state index in [0.29, 0.717) is 23.5 Å². The second-order valence-corrected chi connectivity index (χ2v) is 9.04. The van der Waals surface area contributed by atoms with Crippen LogP contribution in [0.15, 0.2) is 47.1 Å². The van der Waals surface area contributed by atoms with Crippen LogP contribution in [-0.2, 0) is 15.4 Å². The minimum absolute atomic E-state index is 0.0744. The van der Waals surface area contributed by atoms with Gasteiger partial charge < -0.3 is 4.42 Å². The molecule has 7 heteroatoms. The van der Waals surface area contributed by atoms with Crippen molar-refractivity contribution in [1.29, 1.82) is 5.26 Å². The minimum Gasteiger partial charge on any atom is -0.456 e. The molecule has 138 valence electrons. The van der Waals surface area contributed by atoms with Gasteiger partial charge in [0.1, 0.15) is 11.3 Å². The Morgan fingerprint density at radius 2 is 2.07 bits per heavy atom. The van der Waals surface area contributed by atoms with Crippen LogP contribution in [-0.4, -0.2) is 25.7 Å². The molecule has 0 spiro atoms. The van der Waals surface area contributed by atoms with Crippen molar-refractivity contribution in [3.05, 3.63) is 53.9 Å². The number of hydrogen-bond donors (Lipinski definition) is 1. The second-order valence-electron chi connectivity index (χ2n) is 6.94. The summed E-state index contributed by atoms with van der Waals surface area (Å²) in [6.45, 7) is 2.02. The van der Waals surface area contributed by atoms with Crippen LogP contribution in [0.5, 0.6) is 0 Å². The topological polar surface area (TPSA) is 96.0 Å². The highest BCUT2D eigenvalue weighted by Crippen LogP contribution is 2.48. The molecule has 1 fully saturated rings. The molecule has 1 N–H and O–H groups in total. The zero-order valence-corrected chi connectivity index (χ0v) is 15.7. The molecular weight excluding hydrogens is 362 g/mol. The Morgan fingerprint density at radius 1 is 1.26 bits per heavy atom. The number of aromatic nitrogens is 1. The van der Waals surface area contributed by atoms with E-state index in [1.165, 1.54) is 0 Å². The van der Waals surface area contributed by atoms with Crippen LogP contribution in [0.25, 0.3) is 22.3 Å². The maximum absolute atomic E-state index is 11.8. The molecule has 1 aromatic carbocycles. The number of furan rings is 1. The molecule has 0 amide bonds. The van der Waals surface area contributed by atoms with Gasteiger partial charge >= 0.3 is 0 Å². The van der Waals surface area contributed by atoms with Crippen molar-refractivity contribution in [2.75, 3.05) is 12.3 Å². The fourth-order valence-corrected chi connectivity index (χ4v) is 3.89. The number of nitrogens with one attached hydrogen (secondary N) is 1. The van der Waals surface area contributed by atoms with Crippen LogP contribution in [0, 0.1) is 11.3 Å². The van der Waals surface area contributed by atoms with Gasteiger partial charge in [0, 0.05) is 35.3 Å². The normalized spacial score (nSPS) is 15.6. The largest absolute Gasteiger partial charge is 0.456 e. The average Bonchev–Trinajstić information content (AvgIpc) is 3.37. The third-order valence-corrected chi connectivity index (χ3v) is 6.49. The van der Waals surface area contributed by atoms with E-state index < -0.39 is 10.0 Å². The first-order chi connectivity index (χ1) is 12.9. The van der Waals surface area contributed by atoms with Gasteiger partial charge in [-0.15, -0.1) is 0 Å². The summed E-state index contributed by atoms with van der Waals surface area (Å²) in [7, 11) is -3.22. The van der Waals surface area contributed by atoms with Gasteiger partial charge in [-0.2, -0.15) is 5.26 Å². The van der Waals surface area contributed by atoms with Gasteiger partial charge in [0.05, 0.1) is 17.4 Å². The van der Waals surface area contributed by atoms with Crippen molar-refractivity contribution in [2.24, 2.45) is 0 Å². The Balaban J connectivity index is 1.64. The summed E-state index contributed by atoms with van der Waals surface area (Å²) in [4.78, 5) is 4.35. The summed E-state index contributed by atoms with van der Waals surface area (Å²) in [5.41, 5.74) is 2.96. The standard InChI is InChI=1S/C20H19N3O3S/c1-2-27(24,25)23-13-20(5-6-20)17-8-16(11-22-12-17)19-9-15-7-14(10-21)3-4-18(15)26-19/h3-4,7-9,11-12,23H,2,5-6,13H2,1H3. The third kappa shape index (κ3) is 3.46. The first-order valence-electron chi connectivity index (χ1n) is 8.82. The Morgan fingerprint density at radius 3 is 2.78 bits per heavy atom. The number of fused-ring (bicyclic) bond motifs is 1. The highest BCUT2D eigenvalue weighted by atomic mass is 32.2. The van der Waals surface area contributed by atoms with E-state index in [4.69, 9.17) is 9.68 Å². The summed E-state index contributed by atoms with van der Waals surface area (Å²) >= 11 is 0. The fourth-order valence-electron chi connectivity index (χ4n) is 3.19. The molecule has 0 radical (unpaired) electrons. The van der Waals surface area contributed by atoms with E-state index >= 15 is 0 Å². The summed E-state index contributed by atoms with van der Waals surface area (Å²) in [5, 5.41) is 9.91. The van der Waals surface area contributed by atoms with Crippen LogP contribution in [0.3, 0.4) is 0 Å². The van der Waals surface area contributed by atoms with E-state index in [-0.39, 0.29) is 11.2 Å². The van der Waals surface area contributed by atoms with Crippen LogP contribution in [0.4, 0.5) is 0 Å². The molecule has 0 saturated heterocycles. The predicted octanol–water partition coefficient (Wildman–Crippen LogP) is 3.34. The smallest absolute Gasteiger partial charge is 0.211 e. The molecule has 1 aliphatic carbocycles. The SMILES string of the molecule is CCS(=O)(=O)NCC1(c2cncc(-c3cc4cc(C#N)ccc4o3)c2)CC1. The fraction of sp³-hybridized carbons (Fsp3) is 0.300. The molecule has 1 aliphatic rings. The van der Waals surface area contributed by atoms with E-state index in [9.17, 15) is 8.42 Å². The number of sulfonamides is 1. The van der Waals surface area contributed by atoms with Crippen molar-refractivity contribution in [3.8, 4) is 17.4 Å². The third-order valence-electron chi connectivity index (χ3n) is 5.14. The molecular formula is C20H19N3O3S. The second kappa shape index (κ2) is 6.48. The Hall–Kier alpha value is -2.69. The molecule has 2 aromatic heterocycles. The molecule has 1 saturated carbocycles. The first-order valence-corrected chi connectivity index (χ1v) is 10.5. The molecule has 0 unspecified atom stereocenters. The Kier molecular flexibility index (Phi) is 4.25. The highest BCUT2D eigenvalue weighted by molar-refractivity contribution is 7.89. The van der Waals surface area contributed by atoms with Crippen LogP contribution >= 0.6 is 0 Å². The quantitative estimate of drug-likeness (QED) is 0.706. The van der Waals surface area contributed by atoms with Crippen LogP contribution < -0.4 is 4.72 Å². The van der Waals surface area contributed by atoms with Gasteiger partial charge in [0.2, 0.25) is 10.0 Å². The zero-order chi connectivity index (χ0) is 19.1. The Bertz CT molecular complexity index is 1150. The number of rotatable bonds is 6. The lowest BCUT2D eigenvalue weighted by molar-refractivity contribution is 0.567. The average molecular weight is 381 g/mol. The predicted molar refractivity (Wildman–Crippen MR) is 103 cm³/mol. The first kappa shape index (κ1) is 17.7. The van der Waals surface area contributed by atoms with Crippen molar-refractivity contribution in [3.63, 3.8) is 0 Å². The summed E-state index contributed by atoms with van der Waals surface area (Å²) in [6.07, 6.45) is 5.39. The van der Waals surface area contributed by atoms with E-state index in [2.05, 4.69) is 15.8 Å². The van der Waals surface area contributed by atoms with Gasteiger partial charge in [0.25, 0.3) is 0 Å². The molecule has 0 atom stereocenters. The number of nitriles is 1. The Labute approximate surface area is 157 Å². The number of nitrogens with zero attached hydrogens (tertiary/aromatic N) is 2. The van der Waals surface area contributed by atoms with Gasteiger partial charge in [-0.3, -0.25) is 4.98 Å². The zero-order valence-electron chi connectivity index (χ0n) is 14.9. The monoisotopic (exact) mass is 381 g/mol. The van der Waals surface area contributed by atoms with E-state index in [0.717, 1.165) is 29.4 Å². The van der Waals surface area contributed by atoms with Gasteiger partial charge in [-0.1, -0.05) is 0 Å². The summed E-state index contributed by atoms with van der Waals surface area (Å²) in [5.74, 6) is 0.754. The van der Waals surface area contributed by atoms with Crippen LogP contribution in [0.2, 0.25) is 0 Å². The van der Waals surface area contributed by atoms with Gasteiger partial charge in [-0.25, -0.2) is 13.1 Å². The summed E-state index contributed by atoms with van der Waals surface area (Å²) in [6, 6.07) is 11.3. The van der Waals surface area contributed by atoms with Crippen molar-refractivity contribution in [2.45, 2.75) is 25.2 Å². The van der Waals surface area contributed by atoms with Crippen molar-refractivity contribution >= 4 is 21.0 Å². The summed E-state index contributed by atoms with van der Waals surface area (Å²) < 4.78 is 32.2. The molecule has 27 heavy (non-hydrogen) atoms. The molecule has 0 aliphatic heterocycles. The molecule has 3 aromatic rings. The maximum atomic E-state index is 11.8.